The van der Waals surface area contributed by atoms with E-state index in [-0.39, 0.29) is 6.10 Å². The second-order valence-corrected chi connectivity index (χ2v) is 7.58. The van der Waals surface area contributed by atoms with Gasteiger partial charge in [-0.25, -0.2) is 5.09 Å². The summed E-state index contributed by atoms with van der Waals surface area (Å²) in [4.78, 5) is 0. The molecule has 1 N–H and O–H groups in total. The average Bonchev–Trinajstić information content (AvgIpc) is 2.60. The Labute approximate surface area is 102 Å². The van der Waals surface area contributed by atoms with Crippen LogP contribution in [0.2, 0.25) is 0 Å². The van der Waals surface area contributed by atoms with Gasteiger partial charge >= 0.3 is 0 Å². The summed E-state index contributed by atoms with van der Waals surface area (Å²) in [7, 11) is 0. The SMILES string of the molecule is CC(C)OP1(=S)NCCN1c1ccccc1. The summed E-state index contributed by atoms with van der Waals surface area (Å²) in [5.41, 5.74) is 1.15. The van der Waals surface area contributed by atoms with Crippen LogP contribution in [0.3, 0.4) is 0 Å². The summed E-state index contributed by atoms with van der Waals surface area (Å²) >= 11 is 5.65. The summed E-state index contributed by atoms with van der Waals surface area (Å²) < 4.78 is 8.10. The van der Waals surface area contributed by atoms with Gasteiger partial charge in [-0.05, 0) is 37.8 Å². The lowest BCUT2D eigenvalue weighted by Crippen LogP contribution is -2.19. The third-order valence-electron chi connectivity index (χ3n) is 2.36. The van der Waals surface area contributed by atoms with Gasteiger partial charge in [0.15, 0.2) is 0 Å². The van der Waals surface area contributed by atoms with Crippen molar-refractivity contribution < 1.29 is 4.52 Å². The number of nitrogens with zero attached hydrogens (tertiary/aromatic N) is 1. The monoisotopic (exact) mass is 256 g/mol. The molecule has 0 aliphatic carbocycles. The first-order valence-electron chi connectivity index (χ1n) is 5.48. The summed E-state index contributed by atoms with van der Waals surface area (Å²) in [6.07, 6.45) is 0.155. The van der Waals surface area contributed by atoms with Crippen molar-refractivity contribution in [1.82, 2.24) is 5.09 Å². The summed E-state index contributed by atoms with van der Waals surface area (Å²) in [6, 6.07) is 10.2. The maximum atomic E-state index is 5.91. The van der Waals surface area contributed by atoms with Crippen molar-refractivity contribution >= 4 is 24.1 Å². The van der Waals surface area contributed by atoms with Crippen molar-refractivity contribution in [2.75, 3.05) is 17.8 Å². The molecule has 1 fully saturated rings. The number of hydrogen-bond donors (Lipinski definition) is 1. The fourth-order valence-corrected chi connectivity index (χ4v) is 5.21. The van der Waals surface area contributed by atoms with Crippen molar-refractivity contribution in [2.45, 2.75) is 20.0 Å². The number of nitrogens with one attached hydrogen (secondary N) is 1. The molecule has 1 atom stereocenters. The zero-order chi connectivity index (χ0) is 11.6. The van der Waals surface area contributed by atoms with Crippen LogP contribution in [0.4, 0.5) is 5.69 Å². The first-order chi connectivity index (χ1) is 7.62. The topological polar surface area (TPSA) is 24.5 Å². The zero-order valence-electron chi connectivity index (χ0n) is 9.59. The van der Waals surface area contributed by atoms with Gasteiger partial charge in [0.2, 0.25) is 6.57 Å². The predicted molar refractivity (Wildman–Crippen MR) is 72.3 cm³/mol. The number of para-hydroxylation sites is 1. The minimum absolute atomic E-state index is 0.155. The van der Waals surface area contributed by atoms with Gasteiger partial charge in [-0.1, -0.05) is 18.2 Å². The van der Waals surface area contributed by atoms with Crippen molar-refractivity contribution in [3.8, 4) is 0 Å². The van der Waals surface area contributed by atoms with Gasteiger partial charge in [0, 0.05) is 18.8 Å². The minimum atomic E-state index is -2.04. The molecule has 0 spiro atoms. The number of benzene rings is 1. The molecule has 1 unspecified atom stereocenters. The zero-order valence-corrected chi connectivity index (χ0v) is 11.3. The molecule has 1 aliphatic heterocycles. The van der Waals surface area contributed by atoms with Crippen LogP contribution in [-0.2, 0) is 16.3 Å². The normalized spacial score (nSPS) is 25.3. The Balaban J connectivity index is 2.24. The molecule has 1 aliphatic rings. The molecule has 1 aromatic carbocycles. The molecule has 5 heteroatoms. The van der Waals surface area contributed by atoms with Crippen molar-refractivity contribution in [3.05, 3.63) is 30.3 Å². The van der Waals surface area contributed by atoms with E-state index in [0.717, 1.165) is 18.8 Å². The maximum Gasteiger partial charge on any atom is 0.226 e. The number of anilines is 1. The van der Waals surface area contributed by atoms with Crippen LogP contribution in [0.5, 0.6) is 0 Å². The fraction of sp³-hybridized carbons (Fsp3) is 0.455. The Morgan fingerprint density at radius 2 is 2.06 bits per heavy atom. The van der Waals surface area contributed by atoms with E-state index in [1.165, 1.54) is 0 Å². The first kappa shape index (κ1) is 12.1. The van der Waals surface area contributed by atoms with Gasteiger partial charge in [0.05, 0.1) is 6.10 Å². The Morgan fingerprint density at radius 3 is 2.69 bits per heavy atom. The molecule has 3 nitrogen and oxygen atoms in total. The molecule has 2 rings (SSSR count). The van der Waals surface area contributed by atoms with E-state index in [2.05, 4.69) is 21.9 Å². The van der Waals surface area contributed by atoms with E-state index >= 15 is 0 Å². The molecule has 0 amide bonds. The maximum absolute atomic E-state index is 5.91. The smallest absolute Gasteiger partial charge is 0.226 e. The van der Waals surface area contributed by atoms with Crippen molar-refractivity contribution in [2.24, 2.45) is 0 Å². The van der Waals surface area contributed by atoms with Gasteiger partial charge in [-0.3, -0.25) is 0 Å². The Morgan fingerprint density at radius 1 is 1.38 bits per heavy atom. The van der Waals surface area contributed by atoms with Gasteiger partial charge in [-0.15, -0.1) is 0 Å². The fourth-order valence-electron chi connectivity index (χ4n) is 1.78. The largest absolute Gasteiger partial charge is 0.320 e. The van der Waals surface area contributed by atoms with Crippen LogP contribution in [0.15, 0.2) is 30.3 Å². The average molecular weight is 256 g/mol. The Kier molecular flexibility index (Phi) is 3.65. The van der Waals surface area contributed by atoms with E-state index in [4.69, 9.17) is 16.3 Å². The van der Waals surface area contributed by atoms with Crippen LogP contribution in [0.25, 0.3) is 0 Å². The van der Waals surface area contributed by atoms with Crippen molar-refractivity contribution in [1.29, 1.82) is 0 Å². The standard InChI is InChI=1S/C11H17N2OPS/c1-10(2)14-15(16)12-8-9-13(15)11-6-4-3-5-7-11/h3-7,10H,8-9H2,1-2H3,(H,12,16). The highest BCUT2D eigenvalue weighted by Gasteiger charge is 2.33. The van der Waals surface area contributed by atoms with E-state index in [9.17, 15) is 0 Å². The molecule has 0 saturated carbocycles. The van der Waals surface area contributed by atoms with Gasteiger partial charge in [0.1, 0.15) is 0 Å². The van der Waals surface area contributed by atoms with Gasteiger partial charge < -0.3 is 9.19 Å². The van der Waals surface area contributed by atoms with Crippen molar-refractivity contribution in [3.63, 3.8) is 0 Å². The second-order valence-electron chi connectivity index (χ2n) is 4.04. The Bertz CT molecular complexity index is 396. The molecule has 16 heavy (non-hydrogen) atoms. The quantitative estimate of drug-likeness (QED) is 0.840. The molecule has 1 saturated heterocycles. The summed E-state index contributed by atoms with van der Waals surface area (Å²) in [5, 5.41) is 3.34. The highest BCUT2D eigenvalue weighted by Crippen LogP contribution is 2.53. The van der Waals surface area contributed by atoms with Gasteiger partial charge in [-0.2, -0.15) is 0 Å². The molecule has 0 bridgehead atoms. The molecular weight excluding hydrogens is 239 g/mol. The molecule has 88 valence electrons. The molecule has 1 aromatic rings. The molecule has 0 radical (unpaired) electrons. The lowest BCUT2D eigenvalue weighted by Gasteiger charge is -2.30. The van der Waals surface area contributed by atoms with Crippen LogP contribution in [0, 0.1) is 0 Å². The third-order valence-corrected chi connectivity index (χ3v) is 6.00. The van der Waals surface area contributed by atoms with Gasteiger partial charge in [0.25, 0.3) is 0 Å². The minimum Gasteiger partial charge on any atom is -0.320 e. The molecular formula is C11H17N2OPS. The molecule has 1 heterocycles. The van der Waals surface area contributed by atoms with Crippen LogP contribution < -0.4 is 9.76 Å². The number of hydrogen-bond acceptors (Lipinski definition) is 2. The van der Waals surface area contributed by atoms with E-state index in [1.54, 1.807) is 0 Å². The van der Waals surface area contributed by atoms with Crippen LogP contribution in [0.1, 0.15) is 13.8 Å². The van der Waals surface area contributed by atoms with E-state index in [0.29, 0.717) is 0 Å². The van der Waals surface area contributed by atoms with E-state index < -0.39 is 6.57 Å². The lowest BCUT2D eigenvalue weighted by molar-refractivity contribution is 0.266. The number of rotatable bonds is 3. The van der Waals surface area contributed by atoms with Crippen LogP contribution >= 0.6 is 6.57 Å². The highest BCUT2D eigenvalue weighted by atomic mass is 32.5. The lowest BCUT2D eigenvalue weighted by atomic mass is 10.3. The second kappa shape index (κ2) is 4.84. The predicted octanol–water partition coefficient (Wildman–Crippen LogP) is 2.75. The van der Waals surface area contributed by atoms with Crippen LogP contribution in [-0.4, -0.2) is 19.2 Å². The van der Waals surface area contributed by atoms with E-state index in [1.807, 2.05) is 32.0 Å². The first-order valence-corrected chi connectivity index (χ1v) is 8.16. The summed E-state index contributed by atoms with van der Waals surface area (Å²) in [6.45, 7) is 3.83. The molecule has 0 aromatic heterocycles. The Hall–Kier alpha value is -0.410. The highest BCUT2D eigenvalue weighted by molar-refractivity contribution is 8.12. The third kappa shape index (κ3) is 2.46. The summed E-state index contributed by atoms with van der Waals surface area (Å²) in [5.74, 6) is 0.